The molecule has 1 heterocycles. The normalized spacial score (nSPS) is 11.5. The van der Waals surface area contributed by atoms with Crippen molar-refractivity contribution in [1.82, 2.24) is 4.57 Å². The minimum Gasteiger partial charge on any atom is -0.495 e. The summed E-state index contributed by atoms with van der Waals surface area (Å²) in [5, 5.41) is 0. The third kappa shape index (κ3) is 4.48. The van der Waals surface area contributed by atoms with Gasteiger partial charge in [0.05, 0.1) is 18.4 Å². The summed E-state index contributed by atoms with van der Waals surface area (Å²) in [4.78, 5) is 29.9. The number of hydrogen-bond acceptors (Lipinski definition) is 5. The highest BCUT2D eigenvalue weighted by atomic mass is 32.1. The molecular weight excluding hydrogens is 424 g/mol. The molecule has 0 spiro atoms. The summed E-state index contributed by atoms with van der Waals surface area (Å²) < 4.78 is 13.1. The Kier molecular flexibility index (Phi) is 6.47. The van der Waals surface area contributed by atoms with Crippen LogP contribution in [0, 0.1) is 0 Å². The second-order valence-electron chi connectivity index (χ2n) is 6.94. The van der Waals surface area contributed by atoms with Gasteiger partial charge in [0.2, 0.25) is 0 Å². The Morgan fingerprint density at radius 2 is 1.66 bits per heavy atom. The quantitative estimate of drug-likeness (QED) is 0.403. The molecule has 0 aliphatic carbocycles. The van der Waals surface area contributed by atoms with Gasteiger partial charge in [-0.2, -0.15) is 4.99 Å². The molecule has 3 aromatic carbocycles. The van der Waals surface area contributed by atoms with Crippen molar-refractivity contribution < 1.29 is 19.1 Å². The number of carbonyl (C=O) groups is 2. The molecule has 32 heavy (non-hydrogen) atoms. The molecule has 0 bridgehead atoms. The number of nitrogens with zero attached hydrogens (tertiary/aromatic N) is 2. The van der Waals surface area contributed by atoms with Crippen molar-refractivity contribution in [3.8, 4) is 16.9 Å². The summed E-state index contributed by atoms with van der Waals surface area (Å²) >= 11 is 1.32. The van der Waals surface area contributed by atoms with E-state index in [2.05, 4.69) is 4.99 Å². The van der Waals surface area contributed by atoms with Gasteiger partial charge in [0, 0.05) is 5.56 Å². The van der Waals surface area contributed by atoms with Crippen molar-refractivity contribution in [3.05, 3.63) is 83.2 Å². The fourth-order valence-electron chi connectivity index (χ4n) is 3.42. The first kappa shape index (κ1) is 21.5. The molecule has 7 heteroatoms. The second-order valence-corrected chi connectivity index (χ2v) is 7.95. The van der Waals surface area contributed by atoms with E-state index in [0.29, 0.717) is 21.6 Å². The number of rotatable bonds is 6. The molecule has 162 valence electrons. The lowest BCUT2D eigenvalue weighted by atomic mass is 10.0. The lowest BCUT2D eigenvalue weighted by molar-refractivity contribution is -0.143. The van der Waals surface area contributed by atoms with E-state index < -0.39 is 5.97 Å². The van der Waals surface area contributed by atoms with Crippen molar-refractivity contribution in [2.24, 2.45) is 4.99 Å². The Labute approximate surface area is 189 Å². The average Bonchev–Trinajstić information content (AvgIpc) is 3.16. The Hall–Kier alpha value is -3.71. The van der Waals surface area contributed by atoms with Crippen LogP contribution in [0.25, 0.3) is 21.3 Å². The topological polar surface area (TPSA) is 69.9 Å². The van der Waals surface area contributed by atoms with Crippen LogP contribution in [0.3, 0.4) is 0 Å². The van der Waals surface area contributed by atoms with E-state index in [1.54, 1.807) is 30.7 Å². The number of amides is 1. The van der Waals surface area contributed by atoms with Gasteiger partial charge in [-0.1, -0.05) is 59.9 Å². The third-order valence-corrected chi connectivity index (χ3v) is 5.96. The zero-order valence-corrected chi connectivity index (χ0v) is 18.6. The zero-order chi connectivity index (χ0) is 22.5. The standard InChI is InChI=1S/C25H22N2O4S/c1-3-31-22(28)16-27-23-20(30-2)10-7-11-21(23)32-25(27)26-24(29)19-14-12-18(13-15-19)17-8-5-4-6-9-17/h4-15H,3,16H2,1-2H3. The molecule has 0 radical (unpaired) electrons. The largest absolute Gasteiger partial charge is 0.495 e. The minimum atomic E-state index is -0.404. The number of benzene rings is 3. The number of ether oxygens (including phenoxy) is 2. The van der Waals surface area contributed by atoms with E-state index in [1.165, 1.54) is 11.3 Å². The predicted molar refractivity (Wildman–Crippen MR) is 125 cm³/mol. The molecule has 1 aromatic heterocycles. The summed E-state index contributed by atoms with van der Waals surface area (Å²) in [7, 11) is 1.57. The van der Waals surface area contributed by atoms with Crippen LogP contribution in [0.15, 0.2) is 77.8 Å². The van der Waals surface area contributed by atoms with Crippen LogP contribution in [-0.4, -0.2) is 30.2 Å². The van der Waals surface area contributed by atoms with E-state index >= 15 is 0 Å². The van der Waals surface area contributed by atoms with Gasteiger partial charge in [-0.05, 0) is 42.3 Å². The SMILES string of the molecule is CCOC(=O)Cn1c(=NC(=O)c2ccc(-c3ccccc3)cc2)sc2cccc(OC)c21. The third-order valence-electron chi connectivity index (χ3n) is 4.91. The van der Waals surface area contributed by atoms with E-state index in [1.807, 2.05) is 60.7 Å². The van der Waals surface area contributed by atoms with Gasteiger partial charge in [0.25, 0.3) is 5.91 Å². The molecular formula is C25H22N2O4S. The second kappa shape index (κ2) is 9.62. The fourth-order valence-corrected chi connectivity index (χ4v) is 4.46. The zero-order valence-electron chi connectivity index (χ0n) is 17.8. The van der Waals surface area contributed by atoms with Crippen LogP contribution in [-0.2, 0) is 16.1 Å². The number of para-hydroxylation sites is 1. The molecule has 0 unspecified atom stereocenters. The molecule has 4 aromatic rings. The van der Waals surface area contributed by atoms with Crippen LogP contribution < -0.4 is 9.54 Å². The molecule has 0 aliphatic rings. The van der Waals surface area contributed by atoms with Crippen molar-refractivity contribution in [2.75, 3.05) is 13.7 Å². The first-order valence-electron chi connectivity index (χ1n) is 10.2. The monoisotopic (exact) mass is 446 g/mol. The van der Waals surface area contributed by atoms with Crippen LogP contribution in [0.2, 0.25) is 0 Å². The maximum atomic E-state index is 12.9. The van der Waals surface area contributed by atoms with E-state index in [9.17, 15) is 9.59 Å². The highest BCUT2D eigenvalue weighted by Crippen LogP contribution is 2.27. The van der Waals surface area contributed by atoms with Crippen LogP contribution in [0.4, 0.5) is 0 Å². The summed E-state index contributed by atoms with van der Waals surface area (Å²) in [5.41, 5.74) is 3.27. The van der Waals surface area contributed by atoms with Gasteiger partial charge in [-0.25, -0.2) is 0 Å². The maximum Gasteiger partial charge on any atom is 0.326 e. The molecule has 6 nitrogen and oxygen atoms in total. The Bertz CT molecular complexity index is 1320. The number of fused-ring (bicyclic) bond motifs is 1. The summed E-state index contributed by atoms with van der Waals surface area (Å²) in [6, 6.07) is 22.9. The predicted octanol–water partition coefficient (Wildman–Crippen LogP) is 4.68. The maximum absolute atomic E-state index is 12.9. The molecule has 0 saturated carbocycles. The lowest BCUT2D eigenvalue weighted by Gasteiger charge is -2.08. The van der Waals surface area contributed by atoms with Crippen LogP contribution in [0.5, 0.6) is 5.75 Å². The molecule has 0 N–H and O–H groups in total. The smallest absolute Gasteiger partial charge is 0.326 e. The van der Waals surface area contributed by atoms with Crippen molar-refractivity contribution in [1.29, 1.82) is 0 Å². The van der Waals surface area contributed by atoms with E-state index in [-0.39, 0.29) is 19.1 Å². The summed E-state index contributed by atoms with van der Waals surface area (Å²) in [6.07, 6.45) is 0. The highest BCUT2D eigenvalue weighted by molar-refractivity contribution is 7.16. The Balaban J connectivity index is 1.74. The first-order chi connectivity index (χ1) is 15.6. The number of carbonyl (C=O) groups excluding carboxylic acids is 2. The highest BCUT2D eigenvalue weighted by Gasteiger charge is 2.16. The average molecular weight is 447 g/mol. The molecule has 0 saturated heterocycles. The van der Waals surface area contributed by atoms with Crippen molar-refractivity contribution >= 4 is 33.4 Å². The number of aromatic nitrogens is 1. The Morgan fingerprint density at radius 1 is 0.938 bits per heavy atom. The Morgan fingerprint density at radius 3 is 2.34 bits per heavy atom. The minimum absolute atomic E-state index is 0.0622. The number of thiazole rings is 1. The number of hydrogen-bond donors (Lipinski definition) is 0. The van der Waals surface area contributed by atoms with E-state index in [0.717, 1.165) is 15.8 Å². The number of methoxy groups -OCH3 is 1. The van der Waals surface area contributed by atoms with Gasteiger partial charge in [0.15, 0.2) is 4.80 Å². The van der Waals surface area contributed by atoms with E-state index in [4.69, 9.17) is 9.47 Å². The first-order valence-corrected chi connectivity index (χ1v) is 11.0. The van der Waals surface area contributed by atoms with Crippen LogP contribution >= 0.6 is 11.3 Å². The van der Waals surface area contributed by atoms with Crippen molar-refractivity contribution in [3.63, 3.8) is 0 Å². The summed E-state index contributed by atoms with van der Waals surface area (Å²) in [5.74, 6) is -0.184. The van der Waals surface area contributed by atoms with Gasteiger partial charge < -0.3 is 14.0 Å². The van der Waals surface area contributed by atoms with Gasteiger partial charge >= 0.3 is 5.97 Å². The van der Waals surface area contributed by atoms with Gasteiger partial charge in [0.1, 0.15) is 17.8 Å². The fraction of sp³-hybridized carbons (Fsp3) is 0.160. The molecule has 0 atom stereocenters. The van der Waals surface area contributed by atoms with Crippen LogP contribution in [0.1, 0.15) is 17.3 Å². The van der Waals surface area contributed by atoms with Crippen molar-refractivity contribution in [2.45, 2.75) is 13.5 Å². The molecule has 4 rings (SSSR count). The lowest BCUT2D eigenvalue weighted by Crippen LogP contribution is -2.23. The molecule has 0 fully saturated rings. The number of esters is 1. The molecule has 0 aliphatic heterocycles. The molecule has 1 amide bonds. The van der Waals surface area contributed by atoms with Gasteiger partial charge in [-0.15, -0.1) is 0 Å². The summed E-state index contributed by atoms with van der Waals surface area (Å²) in [6.45, 7) is 1.97. The van der Waals surface area contributed by atoms with Gasteiger partial charge in [-0.3, -0.25) is 9.59 Å².